The highest BCUT2D eigenvalue weighted by Crippen LogP contribution is 2.40. The monoisotopic (exact) mass is 733 g/mol. The molecule has 0 saturated carbocycles. The Balaban J connectivity index is 1.38. The fourth-order valence-electron chi connectivity index (χ4n) is 7.81. The van der Waals surface area contributed by atoms with Crippen molar-refractivity contribution < 1.29 is 0 Å². The maximum Gasteiger partial charge on any atom is 0.164 e. The van der Waals surface area contributed by atoms with E-state index in [1.165, 1.54) is 5.57 Å². The molecular formula is C47H43N9. The molecule has 56 heavy (non-hydrogen) atoms. The van der Waals surface area contributed by atoms with Crippen LogP contribution < -0.4 is 5.73 Å². The number of imidazole rings is 3. The summed E-state index contributed by atoms with van der Waals surface area (Å²) in [5.41, 5.74) is 19.2. The summed E-state index contributed by atoms with van der Waals surface area (Å²) in [5, 5.41) is 0. The summed E-state index contributed by atoms with van der Waals surface area (Å²) >= 11 is 0. The van der Waals surface area contributed by atoms with Crippen LogP contribution >= 0.6 is 0 Å². The van der Waals surface area contributed by atoms with E-state index < -0.39 is 0 Å². The molecule has 8 aromatic rings. The molecule has 9 nitrogen and oxygen atoms in total. The zero-order valence-corrected chi connectivity index (χ0v) is 32.1. The fraction of sp³-hybridized carbons (Fsp3) is 0.170. The van der Waals surface area contributed by atoms with Crippen molar-refractivity contribution in [3.63, 3.8) is 0 Å². The molecule has 0 amide bonds. The number of fused-ring (bicyclic) bond motifs is 2. The maximum atomic E-state index is 7.10. The van der Waals surface area contributed by atoms with E-state index in [4.69, 9.17) is 30.7 Å². The van der Waals surface area contributed by atoms with Gasteiger partial charge in [0, 0.05) is 29.1 Å². The van der Waals surface area contributed by atoms with Crippen molar-refractivity contribution in [3.8, 4) is 45.5 Å². The van der Waals surface area contributed by atoms with Gasteiger partial charge in [-0.25, -0.2) is 24.9 Å². The minimum Gasteiger partial charge on any atom is -0.383 e. The minimum absolute atomic E-state index is 0.00409. The number of hydrogen-bond acceptors (Lipinski definition) is 6. The molecule has 2 N–H and O–H groups in total. The Kier molecular flexibility index (Phi) is 8.97. The third kappa shape index (κ3) is 6.01. The predicted octanol–water partition coefficient (Wildman–Crippen LogP) is 10.8. The number of nitrogens with two attached hydrogens (primary N) is 1. The molecule has 3 aromatic carbocycles. The topological polar surface area (TPSA) is 105 Å². The van der Waals surface area contributed by atoms with Crippen LogP contribution in [0.3, 0.4) is 0 Å². The molecule has 276 valence electrons. The van der Waals surface area contributed by atoms with Gasteiger partial charge in [0.05, 0.1) is 17.4 Å². The van der Waals surface area contributed by atoms with E-state index in [0.717, 1.165) is 104 Å². The van der Waals surface area contributed by atoms with Crippen molar-refractivity contribution in [2.45, 2.75) is 53.0 Å². The number of rotatable bonds is 9. The summed E-state index contributed by atoms with van der Waals surface area (Å²) in [5.74, 6) is 2.94. The summed E-state index contributed by atoms with van der Waals surface area (Å²) in [6.07, 6.45) is 17.1. The maximum absolute atomic E-state index is 7.10. The normalized spacial score (nSPS) is 14.4. The van der Waals surface area contributed by atoms with Crippen LogP contribution in [0.5, 0.6) is 0 Å². The molecule has 9 rings (SSSR count). The van der Waals surface area contributed by atoms with Crippen molar-refractivity contribution in [1.82, 2.24) is 38.6 Å². The number of hydrogen-bond donors (Lipinski definition) is 1. The zero-order valence-electron chi connectivity index (χ0n) is 32.1. The highest BCUT2D eigenvalue weighted by atomic mass is 15.2. The van der Waals surface area contributed by atoms with E-state index >= 15 is 0 Å². The number of aromatic nitrogens is 8. The van der Waals surface area contributed by atoms with Crippen molar-refractivity contribution in [2.24, 2.45) is 0 Å². The van der Waals surface area contributed by atoms with E-state index in [1.807, 2.05) is 36.7 Å². The third-order valence-electron chi connectivity index (χ3n) is 10.7. The summed E-state index contributed by atoms with van der Waals surface area (Å²) < 4.78 is 6.54. The van der Waals surface area contributed by atoms with Gasteiger partial charge in [-0.05, 0) is 105 Å². The first-order valence-electron chi connectivity index (χ1n) is 19.2. The summed E-state index contributed by atoms with van der Waals surface area (Å²) in [7, 11) is 0. The Morgan fingerprint density at radius 3 is 1.79 bits per heavy atom. The second-order valence-electron chi connectivity index (χ2n) is 14.5. The van der Waals surface area contributed by atoms with Crippen LogP contribution in [-0.2, 0) is 0 Å². The van der Waals surface area contributed by atoms with E-state index in [2.05, 4.69) is 139 Å². The van der Waals surface area contributed by atoms with Crippen molar-refractivity contribution in [3.05, 3.63) is 150 Å². The third-order valence-corrected chi connectivity index (χ3v) is 10.7. The van der Waals surface area contributed by atoms with Gasteiger partial charge in [0.1, 0.15) is 40.0 Å². The number of anilines is 1. The van der Waals surface area contributed by atoms with Crippen LogP contribution in [0, 0.1) is 13.8 Å². The number of allylic oxidation sites excluding steroid dienone is 5. The molecular weight excluding hydrogens is 691 g/mol. The average Bonchev–Trinajstić information content (AvgIpc) is 3.90. The van der Waals surface area contributed by atoms with E-state index in [0.29, 0.717) is 5.82 Å². The molecule has 1 atom stereocenters. The van der Waals surface area contributed by atoms with Crippen LogP contribution in [-0.4, -0.2) is 38.6 Å². The molecule has 0 bridgehead atoms. The molecule has 9 heteroatoms. The first kappa shape index (κ1) is 34.9. The average molecular weight is 734 g/mol. The summed E-state index contributed by atoms with van der Waals surface area (Å²) in [4.78, 5) is 25.6. The van der Waals surface area contributed by atoms with Gasteiger partial charge in [0.25, 0.3) is 0 Å². The van der Waals surface area contributed by atoms with Gasteiger partial charge in [0.2, 0.25) is 0 Å². The van der Waals surface area contributed by atoms with Crippen molar-refractivity contribution in [2.75, 3.05) is 5.73 Å². The Morgan fingerprint density at radius 2 is 1.25 bits per heavy atom. The lowest BCUT2D eigenvalue weighted by molar-refractivity contribution is 0.587. The molecule has 5 aromatic heterocycles. The van der Waals surface area contributed by atoms with Crippen LogP contribution in [0.2, 0.25) is 0 Å². The highest BCUT2D eigenvalue weighted by Gasteiger charge is 2.27. The molecule has 1 aliphatic rings. The lowest BCUT2D eigenvalue weighted by atomic mass is 9.98. The van der Waals surface area contributed by atoms with Crippen LogP contribution in [0.15, 0.2) is 133 Å². The van der Waals surface area contributed by atoms with Gasteiger partial charge < -0.3 is 10.3 Å². The van der Waals surface area contributed by atoms with E-state index in [-0.39, 0.29) is 6.04 Å². The Bertz CT molecular complexity index is 2720. The molecule has 5 heterocycles. The van der Waals surface area contributed by atoms with Crippen LogP contribution in [0.4, 0.5) is 5.82 Å². The fourth-order valence-corrected chi connectivity index (χ4v) is 7.81. The Hall–Kier alpha value is -6.87. The Morgan fingerprint density at radius 1 is 0.696 bits per heavy atom. The van der Waals surface area contributed by atoms with Gasteiger partial charge in [-0.1, -0.05) is 79.6 Å². The van der Waals surface area contributed by atoms with E-state index in [9.17, 15) is 0 Å². The lowest BCUT2D eigenvalue weighted by Crippen LogP contribution is -2.15. The first-order chi connectivity index (χ1) is 27.4. The van der Waals surface area contributed by atoms with Gasteiger partial charge >= 0.3 is 0 Å². The quantitative estimate of drug-likeness (QED) is 0.158. The van der Waals surface area contributed by atoms with Crippen LogP contribution in [0.25, 0.3) is 73.9 Å². The second-order valence-corrected chi connectivity index (χ2v) is 14.5. The van der Waals surface area contributed by atoms with Crippen molar-refractivity contribution >= 4 is 34.2 Å². The largest absolute Gasteiger partial charge is 0.383 e. The molecule has 0 aliphatic heterocycles. The molecule has 0 radical (unpaired) electrons. The minimum atomic E-state index is 0.00409. The lowest BCUT2D eigenvalue weighted by Gasteiger charge is -2.24. The number of nitrogens with zero attached hydrogens (tertiary/aromatic N) is 8. The second kappa shape index (κ2) is 14.4. The summed E-state index contributed by atoms with van der Waals surface area (Å²) in [6, 6.07) is 31.2. The van der Waals surface area contributed by atoms with Gasteiger partial charge in [-0.15, -0.1) is 0 Å². The first-order valence-corrected chi connectivity index (χ1v) is 19.2. The smallest absolute Gasteiger partial charge is 0.164 e. The molecule has 1 aliphatic carbocycles. The number of aryl methyl sites for hydroxylation is 2. The number of para-hydroxylation sites is 2. The van der Waals surface area contributed by atoms with Gasteiger partial charge in [-0.3, -0.25) is 9.13 Å². The van der Waals surface area contributed by atoms with Crippen molar-refractivity contribution in [1.29, 1.82) is 0 Å². The number of nitrogen functional groups attached to an aromatic ring is 1. The number of pyridine rings is 2. The predicted molar refractivity (Wildman–Crippen MR) is 228 cm³/mol. The van der Waals surface area contributed by atoms with E-state index in [1.54, 1.807) is 0 Å². The van der Waals surface area contributed by atoms with Gasteiger partial charge in [0.15, 0.2) is 11.3 Å². The standard InChI is InChI=1S/C47H43N9/c1-5-6-7-19-36-42(48)54(39-22-11-8-16-30(39)2)43(51-36)33-27-34(44-52-37-20-14-25-49-46(37)55(44)40-23-12-9-17-31(40)3)29-35(28-33)45-53-38-21-15-26-50-47(38)56(45)41-24-13-10-18-32(41)4/h7-21,23-29,39H,5-6,22,48H2,1-4H3/b19-7-. The SMILES string of the molecule is CCC/C=C\c1nc(-c2cc(-c3nc4cccnc4n3-c3ccccc3C)cc(-c3nc4cccnc4n3-c3ccccc3C)c2)n(C2CC=CC=C2C)c1N. The molecule has 0 fully saturated rings. The molecule has 0 spiro atoms. The van der Waals surface area contributed by atoms with Gasteiger partial charge in [-0.2, -0.15) is 0 Å². The number of benzene rings is 3. The summed E-state index contributed by atoms with van der Waals surface area (Å²) in [6.45, 7) is 8.58. The number of unbranched alkanes of at least 4 members (excludes halogenated alkanes) is 1. The van der Waals surface area contributed by atoms with Crippen LogP contribution in [0.1, 0.15) is 56.0 Å². The highest BCUT2D eigenvalue weighted by molar-refractivity contribution is 5.87. The Labute approximate surface area is 326 Å². The zero-order chi connectivity index (χ0) is 38.3. The molecule has 0 saturated heterocycles. The molecule has 1 unspecified atom stereocenters.